The highest BCUT2D eigenvalue weighted by molar-refractivity contribution is 5.73. The van der Waals surface area contributed by atoms with Crippen molar-refractivity contribution in [2.24, 2.45) is 5.73 Å². The second-order valence-electron chi connectivity index (χ2n) is 5.11. The molecule has 0 unspecified atom stereocenters. The van der Waals surface area contributed by atoms with Gasteiger partial charge in [-0.3, -0.25) is 5.10 Å². The number of nitrogens with two attached hydrogens (primary N) is 1. The van der Waals surface area contributed by atoms with Crippen LogP contribution in [-0.4, -0.2) is 27.7 Å². The number of halogens is 3. The minimum absolute atomic E-state index is 0.303. The van der Waals surface area contributed by atoms with E-state index in [2.05, 4.69) is 10.2 Å². The number of nitrogens with one attached hydrogen (secondary N) is 1. The van der Waals surface area contributed by atoms with Gasteiger partial charge in [0.05, 0.1) is 17.8 Å². The minimum atomic E-state index is -4.37. The first-order valence-corrected chi connectivity index (χ1v) is 6.64. The Balaban J connectivity index is 1.94. The van der Waals surface area contributed by atoms with Gasteiger partial charge in [-0.15, -0.1) is 0 Å². The number of alkyl halides is 3. The van der Waals surface area contributed by atoms with Gasteiger partial charge in [0.15, 0.2) is 0 Å². The van der Waals surface area contributed by atoms with Crippen molar-refractivity contribution >= 4 is 6.03 Å². The minimum Gasteiger partial charge on any atom is -0.351 e. The van der Waals surface area contributed by atoms with Crippen LogP contribution in [-0.2, 0) is 19.1 Å². The van der Waals surface area contributed by atoms with E-state index in [1.165, 1.54) is 17.0 Å². The Morgan fingerprint density at radius 1 is 1.27 bits per heavy atom. The molecule has 3 N–H and O–H groups in total. The molecule has 5 nitrogen and oxygen atoms in total. The van der Waals surface area contributed by atoms with Crippen LogP contribution in [0.2, 0.25) is 0 Å². The van der Waals surface area contributed by atoms with Crippen molar-refractivity contribution in [2.75, 3.05) is 6.54 Å². The molecule has 2 aromatic rings. The van der Waals surface area contributed by atoms with Crippen molar-refractivity contribution in [2.45, 2.75) is 19.1 Å². The molecule has 1 aromatic carbocycles. The van der Waals surface area contributed by atoms with E-state index in [9.17, 15) is 18.0 Å². The van der Waals surface area contributed by atoms with Crippen molar-refractivity contribution in [3.63, 3.8) is 0 Å². The molecule has 116 valence electrons. The molecule has 8 heteroatoms. The van der Waals surface area contributed by atoms with Crippen LogP contribution in [0.1, 0.15) is 16.8 Å². The van der Waals surface area contributed by atoms with Gasteiger partial charge in [0, 0.05) is 29.8 Å². The molecule has 0 bridgehead atoms. The Labute approximate surface area is 123 Å². The highest BCUT2D eigenvalue weighted by Gasteiger charge is 2.30. The third kappa shape index (κ3) is 2.51. The summed E-state index contributed by atoms with van der Waals surface area (Å²) in [7, 11) is 0. The largest absolute Gasteiger partial charge is 0.416 e. The van der Waals surface area contributed by atoms with Crippen molar-refractivity contribution < 1.29 is 18.0 Å². The van der Waals surface area contributed by atoms with Crippen LogP contribution in [0.15, 0.2) is 24.3 Å². The Morgan fingerprint density at radius 2 is 1.95 bits per heavy atom. The summed E-state index contributed by atoms with van der Waals surface area (Å²) in [6, 6.07) is 4.27. The first kappa shape index (κ1) is 14.4. The molecule has 0 saturated heterocycles. The summed E-state index contributed by atoms with van der Waals surface area (Å²) in [5, 5.41) is 7.05. The van der Waals surface area contributed by atoms with Gasteiger partial charge in [0.2, 0.25) is 0 Å². The maximum atomic E-state index is 12.6. The van der Waals surface area contributed by atoms with Crippen LogP contribution in [0, 0.1) is 0 Å². The van der Waals surface area contributed by atoms with Gasteiger partial charge < -0.3 is 10.6 Å². The van der Waals surface area contributed by atoms with Crippen molar-refractivity contribution in [1.29, 1.82) is 0 Å². The Hall–Kier alpha value is -2.51. The van der Waals surface area contributed by atoms with E-state index in [0.717, 1.165) is 23.4 Å². The number of primary amides is 1. The predicted molar refractivity (Wildman–Crippen MR) is 72.7 cm³/mol. The number of aromatic amines is 1. The topological polar surface area (TPSA) is 75.0 Å². The fourth-order valence-corrected chi connectivity index (χ4v) is 2.54. The number of nitrogens with zero attached hydrogens (tertiary/aromatic N) is 2. The lowest BCUT2D eigenvalue weighted by molar-refractivity contribution is -0.137. The molecule has 0 radical (unpaired) electrons. The first-order chi connectivity index (χ1) is 10.4. The van der Waals surface area contributed by atoms with E-state index in [-0.39, 0.29) is 0 Å². The summed E-state index contributed by atoms with van der Waals surface area (Å²) >= 11 is 0. The van der Waals surface area contributed by atoms with Crippen LogP contribution in [0.5, 0.6) is 0 Å². The van der Waals surface area contributed by atoms with E-state index >= 15 is 0 Å². The SMILES string of the molecule is NC(=O)N1CCc2[nH]nc(-c3ccc(C(F)(F)F)cc3)c2C1. The molecular formula is C14H13F3N4O. The molecule has 3 rings (SSSR count). The molecule has 1 aliphatic rings. The lowest BCUT2D eigenvalue weighted by Gasteiger charge is -2.25. The zero-order valence-corrected chi connectivity index (χ0v) is 11.4. The molecule has 22 heavy (non-hydrogen) atoms. The van der Waals surface area contributed by atoms with Gasteiger partial charge in [-0.2, -0.15) is 18.3 Å². The second kappa shape index (κ2) is 5.04. The summed E-state index contributed by atoms with van der Waals surface area (Å²) in [6.07, 6.45) is -3.78. The fraction of sp³-hybridized carbons (Fsp3) is 0.286. The van der Waals surface area contributed by atoms with Crippen molar-refractivity contribution in [3.05, 3.63) is 41.1 Å². The zero-order chi connectivity index (χ0) is 15.9. The van der Waals surface area contributed by atoms with Crippen molar-refractivity contribution in [3.8, 4) is 11.3 Å². The Morgan fingerprint density at radius 3 is 2.55 bits per heavy atom. The first-order valence-electron chi connectivity index (χ1n) is 6.64. The summed E-state index contributed by atoms with van der Waals surface area (Å²) in [6.45, 7) is 0.800. The van der Waals surface area contributed by atoms with Gasteiger partial charge in [0.1, 0.15) is 0 Å². The van der Waals surface area contributed by atoms with Gasteiger partial charge in [-0.05, 0) is 12.1 Å². The lowest BCUT2D eigenvalue weighted by atomic mass is 10.0. The van der Waals surface area contributed by atoms with E-state index in [1.54, 1.807) is 0 Å². The van der Waals surface area contributed by atoms with Crippen LogP contribution >= 0.6 is 0 Å². The number of carbonyl (C=O) groups is 1. The number of amides is 2. The van der Waals surface area contributed by atoms with E-state index < -0.39 is 17.8 Å². The molecule has 1 aliphatic heterocycles. The number of fused-ring (bicyclic) bond motifs is 1. The van der Waals surface area contributed by atoms with Gasteiger partial charge in [-0.1, -0.05) is 12.1 Å². The quantitative estimate of drug-likeness (QED) is 0.849. The lowest BCUT2D eigenvalue weighted by Crippen LogP contribution is -2.39. The van der Waals surface area contributed by atoms with Crippen LogP contribution in [0.4, 0.5) is 18.0 Å². The fourth-order valence-electron chi connectivity index (χ4n) is 2.54. The van der Waals surface area contributed by atoms with Crippen LogP contribution in [0.3, 0.4) is 0 Å². The summed E-state index contributed by atoms with van der Waals surface area (Å²) in [5.41, 5.74) is 7.37. The molecule has 2 amide bonds. The maximum absolute atomic E-state index is 12.6. The predicted octanol–water partition coefficient (Wildman–Crippen LogP) is 2.53. The number of hydrogen-bond acceptors (Lipinski definition) is 2. The Bertz CT molecular complexity index is 706. The summed E-state index contributed by atoms with van der Waals surface area (Å²) in [5.74, 6) is 0. The monoisotopic (exact) mass is 310 g/mol. The maximum Gasteiger partial charge on any atom is 0.416 e. The second-order valence-corrected chi connectivity index (χ2v) is 5.11. The number of benzene rings is 1. The number of carbonyl (C=O) groups excluding carboxylic acids is 1. The summed E-state index contributed by atoms with van der Waals surface area (Å²) in [4.78, 5) is 12.8. The van der Waals surface area contributed by atoms with Crippen LogP contribution < -0.4 is 5.73 Å². The molecule has 0 atom stereocenters. The number of urea groups is 1. The highest BCUT2D eigenvalue weighted by Crippen LogP contribution is 2.32. The normalized spacial score (nSPS) is 14.8. The highest BCUT2D eigenvalue weighted by atomic mass is 19.4. The number of H-pyrrole nitrogens is 1. The number of hydrogen-bond donors (Lipinski definition) is 2. The molecule has 0 fully saturated rings. The molecular weight excluding hydrogens is 297 g/mol. The zero-order valence-electron chi connectivity index (χ0n) is 11.4. The molecule has 0 spiro atoms. The van der Waals surface area contributed by atoms with E-state index in [1.807, 2.05) is 0 Å². The van der Waals surface area contributed by atoms with Crippen molar-refractivity contribution in [1.82, 2.24) is 15.1 Å². The molecule has 2 heterocycles. The van der Waals surface area contributed by atoms with E-state index in [4.69, 9.17) is 5.73 Å². The smallest absolute Gasteiger partial charge is 0.351 e. The molecule has 0 aliphatic carbocycles. The van der Waals surface area contributed by atoms with Crippen LogP contribution in [0.25, 0.3) is 11.3 Å². The Kier molecular flexibility index (Phi) is 3.31. The number of aromatic nitrogens is 2. The third-order valence-corrected chi connectivity index (χ3v) is 3.73. The average molecular weight is 310 g/mol. The van der Waals surface area contributed by atoms with Gasteiger partial charge >= 0.3 is 12.2 Å². The molecule has 1 aromatic heterocycles. The summed E-state index contributed by atoms with van der Waals surface area (Å²) < 4.78 is 37.8. The number of rotatable bonds is 1. The van der Waals surface area contributed by atoms with E-state index in [0.29, 0.717) is 30.8 Å². The van der Waals surface area contributed by atoms with Gasteiger partial charge in [0.25, 0.3) is 0 Å². The third-order valence-electron chi connectivity index (χ3n) is 3.73. The van der Waals surface area contributed by atoms with Gasteiger partial charge in [-0.25, -0.2) is 4.79 Å². The average Bonchev–Trinajstić information content (AvgIpc) is 2.89. The molecule has 0 saturated carbocycles. The standard InChI is InChI=1S/C14H13F3N4O/c15-14(16,17)9-3-1-8(2-4-9)12-10-7-21(13(18)22)6-5-11(10)19-20-12/h1-4H,5-7H2,(H2,18,22)(H,19,20).